The summed E-state index contributed by atoms with van der Waals surface area (Å²) in [6, 6.07) is -0.736. The number of carboxylic acids is 1. The molecule has 2 unspecified atom stereocenters. The average Bonchev–Trinajstić information content (AvgIpc) is 3.19. The van der Waals surface area contributed by atoms with E-state index in [4.69, 9.17) is 14.2 Å². The molecule has 0 radical (unpaired) electrons. The van der Waals surface area contributed by atoms with Crippen LogP contribution in [-0.2, 0) is 28.6 Å². The van der Waals surface area contributed by atoms with Gasteiger partial charge in [0.15, 0.2) is 6.10 Å². The molecule has 8 nitrogen and oxygen atoms in total. The van der Waals surface area contributed by atoms with E-state index in [1.165, 1.54) is 38.5 Å². The first kappa shape index (κ1) is 55.5. The van der Waals surface area contributed by atoms with Gasteiger partial charge in [0.05, 0.1) is 40.3 Å². The predicted octanol–water partition coefficient (Wildman–Crippen LogP) is 11.6. The van der Waals surface area contributed by atoms with E-state index >= 15 is 0 Å². The number of unbranched alkanes of at least 4 members (excludes halogenated alkanes) is 12. The van der Waals surface area contributed by atoms with Gasteiger partial charge in [-0.25, -0.2) is 0 Å². The first-order valence-electron chi connectivity index (χ1n) is 23.1. The molecule has 0 aliphatic heterocycles. The molecule has 8 heteroatoms. The minimum Gasteiger partial charge on any atom is -0.544 e. The van der Waals surface area contributed by atoms with Crippen molar-refractivity contribution < 1.29 is 38.2 Å². The molecule has 0 rings (SSSR count). The smallest absolute Gasteiger partial charge is 0.306 e. The van der Waals surface area contributed by atoms with Crippen molar-refractivity contribution in [3.05, 3.63) is 85.1 Å². The molecule has 0 amide bonds. The van der Waals surface area contributed by atoms with Gasteiger partial charge >= 0.3 is 11.9 Å². The van der Waals surface area contributed by atoms with Gasteiger partial charge < -0.3 is 28.6 Å². The molecule has 0 aromatic heterocycles. The number of allylic oxidation sites excluding steroid dienone is 14. The number of carbonyl (C=O) groups excluding carboxylic acids is 3. The zero-order valence-electron chi connectivity index (χ0n) is 38.1. The first-order valence-corrected chi connectivity index (χ1v) is 23.1. The number of likely N-dealkylation sites (N-methyl/N-ethyl adjacent to an activating group) is 1. The van der Waals surface area contributed by atoms with E-state index in [1.807, 2.05) is 0 Å². The molecule has 0 aliphatic carbocycles. The van der Waals surface area contributed by atoms with Crippen molar-refractivity contribution in [2.45, 2.75) is 180 Å². The highest BCUT2D eigenvalue weighted by Crippen LogP contribution is 2.14. The van der Waals surface area contributed by atoms with Crippen LogP contribution in [0.1, 0.15) is 168 Å². The monoisotopic (exact) mass is 824 g/mol. The molecule has 0 aliphatic rings. The zero-order chi connectivity index (χ0) is 43.5. The highest BCUT2D eigenvalue weighted by Gasteiger charge is 2.25. The first-order chi connectivity index (χ1) is 28.6. The summed E-state index contributed by atoms with van der Waals surface area (Å²) in [5, 5.41) is 11.6. The Morgan fingerprint density at radius 3 is 1.34 bits per heavy atom. The Kier molecular flexibility index (Phi) is 38.8. The summed E-state index contributed by atoms with van der Waals surface area (Å²) in [7, 11) is 5.39. The van der Waals surface area contributed by atoms with Crippen molar-refractivity contribution >= 4 is 17.9 Å². The van der Waals surface area contributed by atoms with Gasteiger partial charge in [0.1, 0.15) is 12.6 Å². The number of hydrogen-bond donors (Lipinski definition) is 0. The highest BCUT2D eigenvalue weighted by molar-refractivity contribution is 5.70. The highest BCUT2D eigenvalue weighted by atomic mass is 16.6. The van der Waals surface area contributed by atoms with E-state index in [-0.39, 0.29) is 42.7 Å². The fourth-order valence-electron chi connectivity index (χ4n) is 6.25. The largest absolute Gasteiger partial charge is 0.544 e. The molecular weight excluding hydrogens is 739 g/mol. The van der Waals surface area contributed by atoms with Gasteiger partial charge in [-0.15, -0.1) is 0 Å². The van der Waals surface area contributed by atoms with Crippen molar-refractivity contribution in [3.8, 4) is 0 Å². The van der Waals surface area contributed by atoms with E-state index in [2.05, 4.69) is 98.9 Å². The summed E-state index contributed by atoms with van der Waals surface area (Å²) in [5.41, 5.74) is 0. The second-order valence-electron chi connectivity index (χ2n) is 16.2. The van der Waals surface area contributed by atoms with Crippen LogP contribution < -0.4 is 5.11 Å². The lowest BCUT2D eigenvalue weighted by atomic mass is 10.1. The maximum absolute atomic E-state index is 12.7. The van der Waals surface area contributed by atoms with Crippen LogP contribution >= 0.6 is 0 Å². The molecule has 59 heavy (non-hydrogen) atoms. The second kappa shape index (κ2) is 41.3. The molecule has 0 aromatic carbocycles. The number of carbonyl (C=O) groups is 3. The van der Waals surface area contributed by atoms with Crippen LogP contribution in [0.15, 0.2) is 85.1 Å². The Balaban J connectivity index is 4.38. The topological polar surface area (TPSA) is 102 Å². The molecule has 0 N–H and O–H groups in total. The van der Waals surface area contributed by atoms with Gasteiger partial charge in [-0.2, -0.15) is 0 Å². The number of hydrogen-bond acceptors (Lipinski definition) is 7. The van der Waals surface area contributed by atoms with Gasteiger partial charge in [0, 0.05) is 19.3 Å². The maximum Gasteiger partial charge on any atom is 0.306 e. The molecule has 0 heterocycles. The van der Waals surface area contributed by atoms with Crippen LogP contribution in [0, 0.1) is 0 Å². The lowest BCUT2D eigenvalue weighted by Crippen LogP contribution is -2.55. The van der Waals surface area contributed by atoms with Crippen molar-refractivity contribution in [2.24, 2.45) is 0 Å². The van der Waals surface area contributed by atoms with Crippen molar-refractivity contribution in [1.82, 2.24) is 0 Å². The number of rotatable bonds is 40. The standard InChI is InChI=1S/C51H85NO7/c1-6-8-10-12-14-16-18-20-22-24-25-26-28-30-32-34-36-38-40-42-50(54)59-47(45-57-44-43-48(51(55)56)52(3,4)5)46-58-49(53)41-39-37-35-33-31-29-27-23-21-19-17-15-13-11-9-7-2/h8-11,14-17,20-23,29,31,47-48H,6-7,12-13,18-19,24-28,30,32-46H2,1-5H3/b10-8+,11-9+,16-14+,17-15+,22-20+,23-21+,31-29+. The van der Waals surface area contributed by atoms with E-state index < -0.39 is 18.1 Å². The summed E-state index contributed by atoms with van der Waals surface area (Å²) < 4.78 is 17.2. The fraction of sp³-hybridized carbons (Fsp3) is 0.667. The molecule has 0 bridgehead atoms. The number of ether oxygens (including phenoxy) is 3. The number of carboxylic acid groups (broad SMARTS) is 1. The quantitative estimate of drug-likeness (QED) is 0.0262. The summed E-state index contributed by atoms with van der Waals surface area (Å²) in [6.45, 7) is 4.39. The van der Waals surface area contributed by atoms with Crippen LogP contribution in [0.2, 0.25) is 0 Å². The Labute approximate surface area is 361 Å². The van der Waals surface area contributed by atoms with E-state index in [1.54, 1.807) is 21.1 Å². The lowest BCUT2D eigenvalue weighted by molar-refractivity contribution is -0.889. The Morgan fingerprint density at radius 1 is 0.508 bits per heavy atom. The van der Waals surface area contributed by atoms with Crippen LogP contribution in [0.25, 0.3) is 0 Å². The Bertz CT molecular complexity index is 1240. The SMILES string of the molecule is CC/C=C/C/C=C/C/C=C/C/C=C/CCCCCC(=O)OCC(COCCC(C(=O)[O-])[N+](C)(C)C)OC(=O)CCCCCCCCCCC/C=C/C/C=C/C/C=C/CC. The summed E-state index contributed by atoms with van der Waals surface area (Å²) in [5.74, 6) is -1.79. The van der Waals surface area contributed by atoms with Crippen LogP contribution in [0.4, 0.5) is 0 Å². The molecule has 0 saturated heterocycles. The molecule has 0 spiro atoms. The predicted molar refractivity (Wildman–Crippen MR) is 245 cm³/mol. The van der Waals surface area contributed by atoms with Crippen molar-refractivity contribution in [1.29, 1.82) is 0 Å². The number of quaternary nitrogens is 1. The Morgan fingerprint density at radius 2 is 0.898 bits per heavy atom. The van der Waals surface area contributed by atoms with Crippen LogP contribution in [0.3, 0.4) is 0 Å². The lowest BCUT2D eigenvalue weighted by Gasteiger charge is -2.34. The van der Waals surface area contributed by atoms with Crippen LogP contribution in [-0.4, -0.2) is 75.5 Å². The molecular formula is C51H85NO7. The molecule has 0 aromatic rings. The summed E-state index contributed by atoms with van der Waals surface area (Å²) in [4.78, 5) is 36.9. The second-order valence-corrected chi connectivity index (χ2v) is 16.2. The third-order valence-corrected chi connectivity index (χ3v) is 9.78. The summed E-state index contributed by atoms with van der Waals surface area (Å²) >= 11 is 0. The Hall–Kier alpha value is -3.49. The minimum absolute atomic E-state index is 0.0234. The van der Waals surface area contributed by atoms with Gasteiger partial charge in [0.25, 0.3) is 0 Å². The maximum atomic E-state index is 12.7. The average molecular weight is 824 g/mol. The molecule has 336 valence electrons. The van der Waals surface area contributed by atoms with E-state index in [9.17, 15) is 19.5 Å². The van der Waals surface area contributed by atoms with Crippen LogP contribution in [0.5, 0.6) is 0 Å². The normalized spacial score (nSPS) is 13.7. The van der Waals surface area contributed by atoms with Gasteiger partial charge in [-0.1, -0.05) is 150 Å². The molecule has 0 saturated carbocycles. The molecule has 2 atom stereocenters. The number of nitrogens with zero attached hydrogens (tertiary/aromatic N) is 1. The summed E-state index contributed by atoms with van der Waals surface area (Å²) in [6.07, 6.45) is 53.2. The van der Waals surface area contributed by atoms with Gasteiger partial charge in [-0.3, -0.25) is 9.59 Å². The van der Waals surface area contributed by atoms with Crippen molar-refractivity contribution in [2.75, 3.05) is 41.0 Å². The number of esters is 2. The zero-order valence-corrected chi connectivity index (χ0v) is 38.1. The van der Waals surface area contributed by atoms with Gasteiger partial charge in [-0.05, 0) is 83.5 Å². The van der Waals surface area contributed by atoms with Crippen molar-refractivity contribution in [3.63, 3.8) is 0 Å². The van der Waals surface area contributed by atoms with E-state index in [0.29, 0.717) is 12.8 Å². The van der Waals surface area contributed by atoms with E-state index in [0.717, 1.165) is 96.3 Å². The fourth-order valence-corrected chi connectivity index (χ4v) is 6.25. The third-order valence-electron chi connectivity index (χ3n) is 9.78. The molecule has 0 fully saturated rings. The number of aliphatic carboxylic acids is 1. The third kappa shape index (κ3) is 39.7. The van der Waals surface area contributed by atoms with Gasteiger partial charge in [0.2, 0.25) is 0 Å². The minimum atomic E-state index is -1.13.